The van der Waals surface area contributed by atoms with E-state index in [9.17, 15) is 4.79 Å². The zero-order valence-electron chi connectivity index (χ0n) is 16.8. The molecule has 3 aromatic rings. The fourth-order valence-electron chi connectivity index (χ4n) is 3.44. The average Bonchev–Trinajstić information content (AvgIpc) is 3.38. The largest absolute Gasteiger partial charge is 0.382 e. The number of methoxy groups -OCH3 is 1. The molecule has 1 aromatic carbocycles. The van der Waals surface area contributed by atoms with Crippen molar-refractivity contribution >= 4 is 28.6 Å². The van der Waals surface area contributed by atoms with E-state index in [1.54, 1.807) is 13.3 Å². The van der Waals surface area contributed by atoms with Crippen molar-refractivity contribution in [3.63, 3.8) is 0 Å². The molecule has 0 bridgehead atoms. The molecule has 10 heteroatoms. The van der Waals surface area contributed by atoms with E-state index in [0.29, 0.717) is 42.9 Å². The van der Waals surface area contributed by atoms with Crippen molar-refractivity contribution in [1.29, 1.82) is 0 Å². The number of nitrogen functional groups attached to an aromatic ring is 1. The summed E-state index contributed by atoms with van der Waals surface area (Å²) in [7, 11) is 1.59. The highest BCUT2D eigenvalue weighted by Gasteiger charge is 2.26. The second-order valence-corrected chi connectivity index (χ2v) is 7.11. The number of benzene rings is 1. The number of ether oxygens (including phenoxy) is 2. The van der Waals surface area contributed by atoms with Gasteiger partial charge in [0.1, 0.15) is 12.4 Å². The second kappa shape index (κ2) is 9.06. The van der Waals surface area contributed by atoms with E-state index in [-0.39, 0.29) is 18.6 Å². The van der Waals surface area contributed by atoms with E-state index < -0.39 is 0 Å². The molecule has 1 fully saturated rings. The van der Waals surface area contributed by atoms with Crippen LogP contribution in [-0.4, -0.2) is 71.9 Å². The number of nitrogens with two attached hydrogens (primary N) is 1. The monoisotopic (exact) mass is 411 g/mol. The molecule has 0 spiro atoms. The molecule has 1 aliphatic rings. The first-order valence-corrected chi connectivity index (χ1v) is 9.82. The molecule has 1 aliphatic heterocycles. The van der Waals surface area contributed by atoms with E-state index in [0.717, 1.165) is 24.0 Å². The summed E-state index contributed by atoms with van der Waals surface area (Å²) in [6.07, 6.45) is 2.47. The molecule has 2 aromatic heterocycles. The lowest BCUT2D eigenvalue weighted by molar-refractivity contribution is -0.126. The van der Waals surface area contributed by atoms with Crippen molar-refractivity contribution in [2.24, 2.45) is 0 Å². The topological polar surface area (TPSA) is 131 Å². The van der Waals surface area contributed by atoms with E-state index in [4.69, 9.17) is 20.2 Å². The van der Waals surface area contributed by atoms with Gasteiger partial charge in [-0.05, 0) is 18.6 Å². The number of carbonyl (C=O) groups is 1. The molecule has 10 nitrogen and oxygen atoms in total. The van der Waals surface area contributed by atoms with Crippen molar-refractivity contribution in [3.8, 4) is 11.5 Å². The van der Waals surface area contributed by atoms with E-state index in [1.165, 1.54) is 0 Å². The Bertz CT molecular complexity index is 990. The fourth-order valence-corrected chi connectivity index (χ4v) is 3.44. The number of nitrogens with one attached hydrogen (secondary N) is 2. The van der Waals surface area contributed by atoms with Crippen LogP contribution in [0.25, 0.3) is 22.6 Å². The molecule has 1 atom stereocenters. The number of anilines is 2. The minimum atomic E-state index is -0.135. The fraction of sp³-hybridized carbons (Fsp3) is 0.400. The maximum Gasteiger partial charge on any atom is 0.246 e. The van der Waals surface area contributed by atoms with Crippen LogP contribution in [0.2, 0.25) is 0 Å². The van der Waals surface area contributed by atoms with Gasteiger partial charge >= 0.3 is 0 Å². The number of hydrogen-bond donors (Lipinski definition) is 3. The van der Waals surface area contributed by atoms with Gasteiger partial charge in [-0.3, -0.25) is 4.79 Å². The minimum absolute atomic E-state index is 0.0255. The first kappa shape index (κ1) is 20.0. The zero-order chi connectivity index (χ0) is 20.9. The van der Waals surface area contributed by atoms with Gasteiger partial charge in [0.15, 0.2) is 17.3 Å². The van der Waals surface area contributed by atoms with Crippen LogP contribution in [-0.2, 0) is 14.3 Å². The maximum absolute atomic E-state index is 12.0. The quantitative estimate of drug-likeness (QED) is 0.467. The Morgan fingerprint density at radius 3 is 3.03 bits per heavy atom. The summed E-state index contributed by atoms with van der Waals surface area (Å²) in [6, 6.07) is 7.77. The molecule has 0 radical (unpaired) electrons. The first-order chi connectivity index (χ1) is 14.6. The summed E-state index contributed by atoms with van der Waals surface area (Å²) in [5, 5.41) is 2.99. The maximum atomic E-state index is 12.0. The highest BCUT2D eigenvalue weighted by molar-refractivity contribution is 5.80. The zero-order valence-corrected chi connectivity index (χ0v) is 16.8. The smallest absolute Gasteiger partial charge is 0.246 e. The Morgan fingerprint density at radius 2 is 2.20 bits per heavy atom. The number of imidazole rings is 1. The second-order valence-electron chi connectivity index (χ2n) is 7.11. The molecule has 30 heavy (non-hydrogen) atoms. The summed E-state index contributed by atoms with van der Waals surface area (Å²) in [5.74, 6) is 1.47. The molecule has 1 amide bonds. The number of rotatable bonds is 8. The number of aromatic amines is 1. The lowest BCUT2D eigenvalue weighted by atomic mass is 10.2. The van der Waals surface area contributed by atoms with Crippen LogP contribution in [0.1, 0.15) is 6.42 Å². The number of amides is 1. The summed E-state index contributed by atoms with van der Waals surface area (Å²) >= 11 is 0. The molecular formula is C20H25N7O3. The Hall–Kier alpha value is -3.24. The third-order valence-electron chi connectivity index (χ3n) is 4.94. The first-order valence-electron chi connectivity index (χ1n) is 9.82. The van der Waals surface area contributed by atoms with Gasteiger partial charge in [-0.25, -0.2) is 15.0 Å². The van der Waals surface area contributed by atoms with Crippen molar-refractivity contribution in [3.05, 3.63) is 30.5 Å². The van der Waals surface area contributed by atoms with E-state index in [1.807, 2.05) is 24.3 Å². The van der Waals surface area contributed by atoms with Crippen LogP contribution < -0.4 is 16.0 Å². The standard InChI is InChI=1S/C20H25N7O3/c1-29-8-9-30-12-17(28)23-13-6-7-27(11-13)16-10-22-19(21)18(26-16)20-24-14-4-2-3-5-15(14)25-20/h2-5,10,13H,6-9,11-12H2,1H3,(H2,21,22)(H,23,28)(H,24,25)/t13-/m0/s1. The molecule has 0 saturated carbocycles. The molecule has 3 heterocycles. The number of H-pyrrole nitrogens is 1. The predicted molar refractivity (Wildman–Crippen MR) is 113 cm³/mol. The van der Waals surface area contributed by atoms with Crippen LogP contribution in [0, 0.1) is 0 Å². The van der Waals surface area contributed by atoms with Crippen LogP contribution in [0.4, 0.5) is 11.6 Å². The van der Waals surface area contributed by atoms with Crippen LogP contribution in [0.15, 0.2) is 30.5 Å². The predicted octanol–water partition coefficient (Wildman–Crippen LogP) is 0.960. The highest BCUT2D eigenvalue weighted by atomic mass is 16.5. The summed E-state index contributed by atoms with van der Waals surface area (Å²) in [6.45, 7) is 2.29. The van der Waals surface area contributed by atoms with Crippen LogP contribution in [0.5, 0.6) is 0 Å². The van der Waals surface area contributed by atoms with Gasteiger partial charge < -0.3 is 30.4 Å². The van der Waals surface area contributed by atoms with E-state index in [2.05, 4.69) is 25.2 Å². The van der Waals surface area contributed by atoms with Gasteiger partial charge in [0.25, 0.3) is 0 Å². The Morgan fingerprint density at radius 1 is 1.33 bits per heavy atom. The number of nitrogens with zero attached hydrogens (tertiary/aromatic N) is 4. The van der Waals surface area contributed by atoms with Gasteiger partial charge in [-0.15, -0.1) is 0 Å². The Labute approximate surface area is 173 Å². The molecule has 0 aliphatic carbocycles. The normalized spacial score (nSPS) is 16.3. The molecular weight excluding hydrogens is 386 g/mol. The summed E-state index contributed by atoms with van der Waals surface area (Å²) in [4.78, 5) is 30.9. The average molecular weight is 411 g/mol. The third kappa shape index (κ3) is 4.50. The summed E-state index contributed by atoms with van der Waals surface area (Å²) in [5.41, 5.74) is 8.34. The number of para-hydroxylation sites is 2. The Kier molecular flexibility index (Phi) is 6.05. The number of hydrogen-bond acceptors (Lipinski definition) is 8. The lowest BCUT2D eigenvalue weighted by Gasteiger charge is -2.18. The molecule has 158 valence electrons. The van der Waals surface area contributed by atoms with Gasteiger partial charge in [-0.2, -0.15) is 0 Å². The highest BCUT2D eigenvalue weighted by Crippen LogP contribution is 2.26. The number of fused-ring (bicyclic) bond motifs is 1. The molecule has 1 saturated heterocycles. The molecule has 4 N–H and O–H groups in total. The van der Waals surface area contributed by atoms with Crippen LogP contribution >= 0.6 is 0 Å². The molecule has 4 rings (SSSR count). The van der Waals surface area contributed by atoms with Gasteiger partial charge in [-0.1, -0.05) is 12.1 Å². The molecule has 0 unspecified atom stereocenters. The van der Waals surface area contributed by atoms with Crippen molar-refractivity contribution in [2.45, 2.75) is 12.5 Å². The third-order valence-corrected chi connectivity index (χ3v) is 4.94. The van der Waals surface area contributed by atoms with E-state index >= 15 is 0 Å². The van der Waals surface area contributed by atoms with Crippen LogP contribution in [0.3, 0.4) is 0 Å². The SMILES string of the molecule is COCCOCC(=O)N[C@H]1CCN(c2cnc(N)c(-c3nc4ccccc4[nH]3)n2)C1. The van der Waals surface area contributed by atoms with Crippen molar-refractivity contribution in [2.75, 3.05) is 50.7 Å². The van der Waals surface area contributed by atoms with Crippen molar-refractivity contribution in [1.82, 2.24) is 25.3 Å². The van der Waals surface area contributed by atoms with Gasteiger partial charge in [0, 0.05) is 26.2 Å². The van der Waals surface area contributed by atoms with Gasteiger partial charge in [0.05, 0.1) is 30.4 Å². The number of carbonyl (C=O) groups excluding carboxylic acids is 1. The van der Waals surface area contributed by atoms with Crippen molar-refractivity contribution < 1.29 is 14.3 Å². The summed E-state index contributed by atoms with van der Waals surface area (Å²) < 4.78 is 10.2. The minimum Gasteiger partial charge on any atom is -0.382 e. The van der Waals surface area contributed by atoms with Gasteiger partial charge in [0.2, 0.25) is 5.91 Å². The lowest BCUT2D eigenvalue weighted by Crippen LogP contribution is -2.39. The number of aromatic nitrogens is 4. The Balaban J connectivity index is 1.41.